The molecule has 0 bridgehead atoms. The summed E-state index contributed by atoms with van der Waals surface area (Å²) in [6.45, 7) is 4.81. The number of aromatic nitrogens is 2. The molecule has 0 aliphatic carbocycles. The fraction of sp³-hybridized carbons (Fsp3) is 0.450. The summed E-state index contributed by atoms with van der Waals surface area (Å²) >= 11 is 3.41. The number of benzene rings is 1. The van der Waals surface area contributed by atoms with E-state index < -0.39 is 0 Å². The summed E-state index contributed by atoms with van der Waals surface area (Å²) in [6.07, 6.45) is 5.95. The Morgan fingerprint density at radius 2 is 1.93 bits per heavy atom. The first-order valence-corrected chi connectivity index (χ1v) is 10.4. The van der Waals surface area contributed by atoms with Crippen molar-refractivity contribution in [3.8, 4) is 5.69 Å². The number of hydrogen-bond donors (Lipinski definition) is 2. The Morgan fingerprint density at radius 1 is 1.21 bits per heavy atom. The lowest BCUT2D eigenvalue weighted by molar-refractivity contribution is -0.122. The lowest BCUT2D eigenvalue weighted by Crippen LogP contribution is -2.47. The Hall–Kier alpha value is -2.19. The highest BCUT2D eigenvalue weighted by atomic mass is 79.9. The summed E-state index contributed by atoms with van der Waals surface area (Å²) in [4.78, 5) is 26.5. The largest absolute Gasteiger partial charge is 0.355 e. The molecule has 0 saturated carbocycles. The number of carbonyl (C=O) groups is 2. The van der Waals surface area contributed by atoms with Gasteiger partial charge < -0.3 is 10.6 Å². The minimum absolute atomic E-state index is 0.0738. The van der Waals surface area contributed by atoms with Crippen molar-refractivity contribution in [2.24, 2.45) is 0 Å². The summed E-state index contributed by atoms with van der Waals surface area (Å²) in [7, 11) is 0. The van der Waals surface area contributed by atoms with Crippen molar-refractivity contribution >= 4 is 27.7 Å². The summed E-state index contributed by atoms with van der Waals surface area (Å²) < 4.78 is 2.69. The van der Waals surface area contributed by atoms with Crippen LogP contribution in [0, 0.1) is 0 Å². The maximum atomic E-state index is 12.5. The van der Waals surface area contributed by atoms with E-state index in [0.29, 0.717) is 12.1 Å². The van der Waals surface area contributed by atoms with E-state index in [1.165, 1.54) is 0 Å². The van der Waals surface area contributed by atoms with Crippen LogP contribution >= 0.6 is 15.9 Å². The topological polar surface area (TPSA) is 79.3 Å². The van der Waals surface area contributed by atoms with Crippen molar-refractivity contribution in [1.29, 1.82) is 0 Å². The molecule has 0 spiro atoms. The number of halogens is 1. The second-order valence-corrected chi connectivity index (χ2v) is 7.94. The van der Waals surface area contributed by atoms with Gasteiger partial charge in [-0.2, -0.15) is 5.10 Å². The molecule has 2 amide bonds. The predicted octanol–water partition coefficient (Wildman–Crippen LogP) is 2.36. The van der Waals surface area contributed by atoms with E-state index in [4.69, 9.17) is 0 Å². The van der Waals surface area contributed by atoms with Gasteiger partial charge in [0.2, 0.25) is 5.91 Å². The molecule has 3 rings (SSSR count). The van der Waals surface area contributed by atoms with Gasteiger partial charge in [0.1, 0.15) is 0 Å². The molecule has 2 aromatic rings. The molecule has 1 aliphatic rings. The Balaban J connectivity index is 1.47. The zero-order chi connectivity index (χ0) is 19.9. The second kappa shape index (κ2) is 9.84. The lowest BCUT2D eigenvalue weighted by atomic mass is 10.0. The van der Waals surface area contributed by atoms with Gasteiger partial charge in [-0.1, -0.05) is 22.9 Å². The van der Waals surface area contributed by atoms with Crippen molar-refractivity contribution in [2.75, 3.05) is 26.2 Å². The second-order valence-electron chi connectivity index (χ2n) is 7.02. The van der Waals surface area contributed by atoms with Crippen LogP contribution in [0.4, 0.5) is 0 Å². The first-order valence-electron chi connectivity index (χ1n) is 9.65. The third-order valence-corrected chi connectivity index (χ3v) is 5.33. The first kappa shape index (κ1) is 20.5. The van der Waals surface area contributed by atoms with Crippen LogP contribution in [-0.2, 0) is 4.79 Å². The molecule has 150 valence electrons. The van der Waals surface area contributed by atoms with E-state index in [0.717, 1.165) is 49.1 Å². The van der Waals surface area contributed by atoms with Gasteiger partial charge in [0.15, 0.2) is 0 Å². The minimum atomic E-state index is -0.109. The standard InChI is InChI=1S/C20H26BrN5O2/c1-2-9-22-19(27)14-25-10-7-17(8-11-25)24-20(28)15-12-23-26(13-15)18-5-3-16(21)4-6-18/h3-6,12-13,17H,2,7-11,14H2,1H3,(H,22,27)(H,24,28). The van der Waals surface area contributed by atoms with Crippen LogP contribution in [0.3, 0.4) is 0 Å². The van der Waals surface area contributed by atoms with E-state index >= 15 is 0 Å². The molecule has 1 aromatic heterocycles. The quantitative estimate of drug-likeness (QED) is 0.682. The maximum absolute atomic E-state index is 12.5. The van der Waals surface area contributed by atoms with Gasteiger partial charge in [0, 0.05) is 36.3 Å². The molecule has 1 aromatic carbocycles. The van der Waals surface area contributed by atoms with Crippen molar-refractivity contribution in [3.05, 3.63) is 46.7 Å². The highest BCUT2D eigenvalue weighted by Gasteiger charge is 2.23. The van der Waals surface area contributed by atoms with Crippen LogP contribution in [0.1, 0.15) is 36.5 Å². The third kappa shape index (κ3) is 5.65. The number of nitrogens with zero attached hydrogens (tertiary/aromatic N) is 3. The number of nitrogens with one attached hydrogen (secondary N) is 2. The van der Waals surface area contributed by atoms with Crippen LogP contribution < -0.4 is 10.6 Å². The molecule has 1 fully saturated rings. The van der Waals surface area contributed by atoms with Gasteiger partial charge >= 0.3 is 0 Å². The molecule has 0 radical (unpaired) electrons. The average molecular weight is 448 g/mol. The Bertz CT molecular complexity index is 797. The minimum Gasteiger partial charge on any atom is -0.355 e. The number of rotatable bonds is 7. The summed E-state index contributed by atoms with van der Waals surface area (Å²) in [5.74, 6) is -0.0350. The summed E-state index contributed by atoms with van der Waals surface area (Å²) in [5, 5.41) is 10.3. The van der Waals surface area contributed by atoms with Gasteiger partial charge in [0.05, 0.1) is 24.0 Å². The number of carbonyl (C=O) groups excluding carboxylic acids is 2. The molecule has 1 saturated heterocycles. The molecule has 2 heterocycles. The summed E-state index contributed by atoms with van der Waals surface area (Å²) in [6, 6.07) is 7.87. The lowest BCUT2D eigenvalue weighted by Gasteiger charge is -2.31. The highest BCUT2D eigenvalue weighted by molar-refractivity contribution is 9.10. The number of amides is 2. The first-order chi connectivity index (χ1) is 13.5. The number of likely N-dealkylation sites (tertiary alicyclic amines) is 1. The molecule has 8 heteroatoms. The van der Waals surface area contributed by atoms with E-state index in [9.17, 15) is 9.59 Å². The molecule has 2 N–H and O–H groups in total. The highest BCUT2D eigenvalue weighted by Crippen LogP contribution is 2.15. The van der Waals surface area contributed by atoms with E-state index in [-0.39, 0.29) is 17.9 Å². The van der Waals surface area contributed by atoms with Gasteiger partial charge in [-0.3, -0.25) is 14.5 Å². The molecule has 7 nitrogen and oxygen atoms in total. The molecule has 0 unspecified atom stereocenters. The number of hydrogen-bond acceptors (Lipinski definition) is 4. The molecule has 1 aliphatic heterocycles. The van der Waals surface area contributed by atoms with Crippen LogP contribution in [0.25, 0.3) is 5.69 Å². The van der Waals surface area contributed by atoms with Gasteiger partial charge in [-0.05, 0) is 43.5 Å². The van der Waals surface area contributed by atoms with Crippen LogP contribution in [-0.4, -0.2) is 58.7 Å². The Morgan fingerprint density at radius 3 is 2.61 bits per heavy atom. The van der Waals surface area contributed by atoms with Gasteiger partial charge in [0.25, 0.3) is 5.91 Å². The maximum Gasteiger partial charge on any atom is 0.254 e. The fourth-order valence-electron chi connectivity index (χ4n) is 3.20. The molecular weight excluding hydrogens is 422 g/mol. The normalized spacial score (nSPS) is 15.4. The summed E-state index contributed by atoms with van der Waals surface area (Å²) in [5.41, 5.74) is 1.45. The predicted molar refractivity (Wildman–Crippen MR) is 111 cm³/mol. The van der Waals surface area contributed by atoms with E-state index in [1.54, 1.807) is 17.1 Å². The Labute approximate surface area is 173 Å². The average Bonchev–Trinajstić information content (AvgIpc) is 3.19. The van der Waals surface area contributed by atoms with E-state index in [2.05, 4.69) is 36.6 Å². The zero-order valence-electron chi connectivity index (χ0n) is 16.0. The zero-order valence-corrected chi connectivity index (χ0v) is 17.6. The van der Waals surface area contributed by atoms with E-state index in [1.807, 2.05) is 31.2 Å². The van der Waals surface area contributed by atoms with Crippen LogP contribution in [0.2, 0.25) is 0 Å². The van der Waals surface area contributed by atoms with Gasteiger partial charge in [-0.25, -0.2) is 4.68 Å². The van der Waals surface area contributed by atoms with Crippen LogP contribution in [0.15, 0.2) is 41.1 Å². The molecular formula is C20H26BrN5O2. The van der Waals surface area contributed by atoms with Gasteiger partial charge in [-0.15, -0.1) is 0 Å². The van der Waals surface area contributed by atoms with Crippen molar-refractivity contribution in [2.45, 2.75) is 32.2 Å². The fourth-order valence-corrected chi connectivity index (χ4v) is 3.47. The van der Waals surface area contributed by atoms with Crippen molar-refractivity contribution in [1.82, 2.24) is 25.3 Å². The van der Waals surface area contributed by atoms with Crippen LogP contribution in [0.5, 0.6) is 0 Å². The smallest absolute Gasteiger partial charge is 0.254 e. The monoisotopic (exact) mass is 447 g/mol. The number of piperidine rings is 1. The third-order valence-electron chi connectivity index (χ3n) is 4.80. The Kier molecular flexibility index (Phi) is 7.22. The SMILES string of the molecule is CCCNC(=O)CN1CCC(NC(=O)c2cnn(-c3ccc(Br)cc3)c2)CC1. The van der Waals surface area contributed by atoms with Crippen molar-refractivity contribution in [3.63, 3.8) is 0 Å². The molecule has 28 heavy (non-hydrogen) atoms. The molecule has 0 atom stereocenters. The van der Waals surface area contributed by atoms with Crippen molar-refractivity contribution < 1.29 is 9.59 Å².